The second-order valence-corrected chi connectivity index (χ2v) is 3.72. The summed E-state index contributed by atoms with van der Waals surface area (Å²) in [7, 11) is 0. The number of nitrogen functional groups attached to an aromatic ring is 1. The molecule has 2 rings (SSSR count). The molecule has 0 fully saturated rings. The quantitative estimate of drug-likeness (QED) is 0.681. The fourth-order valence-corrected chi connectivity index (χ4v) is 1.52. The van der Waals surface area contributed by atoms with E-state index in [1.807, 2.05) is 26.8 Å². The van der Waals surface area contributed by atoms with Gasteiger partial charge in [-0.05, 0) is 24.6 Å². The van der Waals surface area contributed by atoms with Crippen molar-refractivity contribution in [2.45, 2.75) is 20.8 Å². The number of ether oxygens (including phenoxy) is 1. The smallest absolute Gasteiger partial charge is 0.353 e. The molecular weight excluding hydrogens is 258 g/mol. The Kier molecular flexibility index (Phi) is 5.46. The monoisotopic (exact) mass is 275 g/mol. The van der Waals surface area contributed by atoms with Gasteiger partial charge in [-0.2, -0.15) is 0 Å². The predicted octanol–water partition coefficient (Wildman–Crippen LogP) is 3.70. The lowest BCUT2D eigenvalue weighted by molar-refractivity contribution is -0.384. The maximum Gasteiger partial charge on any atom is 0.353 e. The minimum atomic E-state index is -0.604. The molecule has 0 saturated carbocycles. The lowest BCUT2D eigenvalue weighted by Gasteiger charge is -2.07. The van der Waals surface area contributed by atoms with E-state index < -0.39 is 4.92 Å². The van der Waals surface area contributed by atoms with E-state index in [4.69, 9.17) is 10.5 Å². The average Bonchev–Trinajstić information content (AvgIpc) is 2.40. The molecule has 1 aromatic heterocycles. The van der Waals surface area contributed by atoms with Gasteiger partial charge in [-0.1, -0.05) is 26.0 Å². The first-order valence-corrected chi connectivity index (χ1v) is 6.21. The Balaban J connectivity index is 0.000000956. The molecule has 6 nitrogen and oxygen atoms in total. The summed E-state index contributed by atoms with van der Waals surface area (Å²) in [5.41, 5.74) is 6.15. The average molecular weight is 275 g/mol. The van der Waals surface area contributed by atoms with Gasteiger partial charge in [0, 0.05) is 12.3 Å². The largest absolute Gasteiger partial charge is 0.450 e. The van der Waals surface area contributed by atoms with Crippen LogP contribution in [0.2, 0.25) is 0 Å². The zero-order valence-corrected chi connectivity index (χ0v) is 11.7. The van der Waals surface area contributed by atoms with Crippen LogP contribution >= 0.6 is 0 Å². The zero-order chi connectivity index (χ0) is 15.1. The highest BCUT2D eigenvalue weighted by Crippen LogP contribution is 2.34. The summed E-state index contributed by atoms with van der Waals surface area (Å²) >= 11 is 0. The maximum atomic E-state index is 10.9. The number of nitrogens with two attached hydrogens (primary N) is 1. The Morgan fingerprint density at radius 3 is 2.60 bits per heavy atom. The Morgan fingerprint density at radius 2 is 2.00 bits per heavy atom. The molecule has 0 unspecified atom stereocenters. The van der Waals surface area contributed by atoms with E-state index in [1.54, 1.807) is 18.2 Å². The fraction of sp³-hybridized carbons (Fsp3) is 0.214. The molecule has 0 spiro atoms. The van der Waals surface area contributed by atoms with Gasteiger partial charge in [-0.25, -0.2) is 4.98 Å². The number of aryl methyl sites for hydroxylation is 1. The SMILES string of the molecule is CC.Cc1cccc(Oc2ccnc(N)c2[N+](=O)[O-])c1. The van der Waals surface area contributed by atoms with Crippen molar-refractivity contribution in [1.82, 2.24) is 4.98 Å². The van der Waals surface area contributed by atoms with Gasteiger partial charge in [0.25, 0.3) is 0 Å². The Labute approximate surface area is 117 Å². The third-order valence-electron chi connectivity index (χ3n) is 2.32. The molecule has 1 heterocycles. The molecular formula is C14H17N3O3. The van der Waals surface area contributed by atoms with E-state index in [1.165, 1.54) is 12.3 Å². The van der Waals surface area contributed by atoms with Crippen molar-refractivity contribution in [2.24, 2.45) is 0 Å². The predicted molar refractivity (Wildman–Crippen MR) is 77.9 cm³/mol. The summed E-state index contributed by atoms with van der Waals surface area (Å²) < 4.78 is 5.47. The summed E-state index contributed by atoms with van der Waals surface area (Å²) in [6.45, 7) is 5.90. The molecule has 0 aliphatic rings. The molecule has 20 heavy (non-hydrogen) atoms. The van der Waals surface area contributed by atoms with Gasteiger partial charge in [0.2, 0.25) is 11.6 Å². The number of rotatable bonds is 3. The summed E-state index contributed by atoms with van der Waals surface area (Å²) in [5.74, 6) is 0.437. The van der Waals surface area contributed by atoms with Gasteiger partial charge >= 0.3 is 5.69 Å². The lowest BCUT2D eigenvalue weighted by Crippen LogP contribution is -2.00. The molecule has 2 N–H and O–H groups in total. The topological polar surface area (TPSA) is 91.3 Å². The number of hydrogen-bond donors (Lipinski definition) is 1. The van der Waals surface area contributed by atoms with Crippen molar-refractivity contribution in [3.63, 3.8) is 0 Å². The van der Waals surface area contributed by atoms with Crippen molar-refractivity contribution < 1.29 is 9.66 Å². The maximum absolute atomic E-state index is 10.9. The second-order valence-electron chi connectivity index (χ2n) is 3.72. The number of pyridine rings is 1. The normalized spacial score (nSPS) is 9.35. The van der Waals surface area contributed by atoms with Crippen LogP contribution in [0.25, 0.3) is 0 Å². The van der Waals surface area contributed by atoms with Gasteiger partial charge in [0.1, 0.15) is 5.75 Å². The van der Waals surface area contributed by atoms with Crippen molar-refractivity contribution in [2.75, 3.05) is 5.73 Å². The van der Waals surface area contributed by atoms with Gasteiger partial charge in [0.15, 0.2) is 0 Å². The number of aromatic nitrogens is 1. The highest BCUT2D eigenvalue weighted by atomic mass is 16.6. The first-order valence-electron chi connectivity index (χ1n) is 6.21. The molecule has 0 amide bonds. The molecule has 0 atom stereocenters. The second kappa shape index (κ2) is 7.08. The van der Waals surface area contributed by atoms with Gasteiger partial charge < -0.3 is 10.5 Å². The number of nitrogens with zero attached hydrogens (tertiary/aromatic N) is 2. The van der Waals surface area contributed by atoms with Crippen LogP contribution in [0.1, 0.15) is 19.4 Å². The van der Waals surface area contributed by atoms with Crippen LogP contribution in [0.4, 0.5) is 11.5 Å². The Bertz CT molecular complexity index is 600. The number of benzene rings is 1. The van der Waals surface area contributed by atoms with Crippen LogP contribution < -0.4 is 10.5 Å². The summed E-state index contributed by atoms with van der Waals surface area (Å²) in [5, 5.41) is 10.9. The van der Waals surface area contributed by atoms with Crippen molar-refractivity contribution in [1.29, 1.82) is 0 Å². The third kappa shape index (κ3) is 3.68. The van der Waals surface area contributed by atoms with Gasteiger partial charge in [-0.3, -0.25) is 10.1 Å². The minimum Gasteiger partial charge on any atom is -0.450 e. The summed E-state index contributed by atoms with van der Waals surface area (Å²) in [6.07, 6.45) is 1.37. The molecule has 106 valence electrons. The molecule has 0 bridgehead atoms. The van der Waals surface area contributed by atoms with E-state index >= 15 is 0 Å². The van der Waals surface area contributed by atoms with Gasteiger partial charge in [-0.15, -0.1) is 0 Å². The van der Waals surface area contributed by atoms with Crippen LogP contribution in [-0.4, -0.2) is 9.91 Å². The standard InChI is InChI=1S/C12H11N3O3.C2H6/c1-8-3-2-4-9(7-8)18-10-5-6-14-12(13)11(10)15(16)17;1-2/h2-7H,1H3,(H2,13,14);1-2H3. The van der Waals surface area contributed by atoms with Crippen LogP contribution in [-0.2, 0) is 0 Å². The molecule has 0 aliphatic carbocycles. The van der Waals surface area contributed by atoms with Crippen LogP contribution in [0, 0.1) is 17.0 Å². The number of hydrogen-bond acceptors (Lipinski definition) is 5. The van der Waals surface area contributed by atoms with Crippen molar-refractivity contribution in [3.8, 4) is 11.5 Å². The number of anilines is 1. The third-order valence-corrected chi connectivity index (χ3v) is 2.32. The molecule has 0 aliphatic heterocycles. The molecule has 6 heteroatoms. The highest BCUT2D eigenvalue weighted by Gasteiger charge is 2.20. The van der Waals surface area contributed by atoms with E-state index in [-0.39, 0.29) is 17.3 Å². The molecule has 0 saturated heterocycles. The van der Waals surface area contributed by atoms with Crippen LogP contribution in [0.3, 0.4) is 0 Å². The first-order chi connectivity index (χ1) is 9.58. The van der Waals surface area contributed by atoms with E-state index in [9.17, 15) is 10.1 Å². The van der Waals surface area contributed by atoms with E-state index in [0.717, 1.165) is 5.56 Å². The van der Waals surface area contributed by atoms with Crippen molar-refractivity contribution in [3.05, 3.63) is 52.2 Å². The Hall–Kier alpha value is -2.63. The number of nitro groups is 1. The fourth-order valence-electron chi connectivity index (χ4n) is 1.52. The van der Waals surface area contributed by atoms with E-state index in [2.05, 4.69) is 4.98 Å². The minimum absolute atomic E-state index is 0.0816. The molecule has 0 radical (unpaired) electrons. The van der Waals surface area contributed by atoms with Crippen molar-refractivity contribution >= 4 is 11.5 Å². The first kappa shape index (κ1) is 15.4. The highest BCUT2D eigenvalue weighted by molar-refractivity contribution is 5.61. The van der Waals surface area contributed by atoms with Crippen LogP contribution in [0.5, 0.6) is 11.5 Å². The molecule has 1 aromatic carbocycles. The van der Waals surface area contributed by atoms with Gasteiger partial charge in [0.05, 0.1) is 4.92 Å². The van der Waals surface area contributed by atoms with Crippen LogP contribution in [0.15, 0.2) is 36.5 Å². The van der Waals surface area contributed by atoms with E-state index in [0.29, 0.717) is 5.75 Å². The zero-order valence-electron chi connectivity index (χ0n) is 11.7. The lowest BCUT2D eigenvalue weighted by atomic mass is 10.2. The summed E-state index contributed by atoms with van der Waals surface area (Å²) in [6, 6.07) is 8.62. The Morgan fingerprint density at radius 1 is 1.30 bits per heavy atom. The molecule has 2 aromatic rings. The summed E-state index contributed by atoms with van der Waals surface area (Å²) in [4.78, 5) is 14.0.